The van der Waals surface area contributed by atoms with Crippen LogP contribution in [-0.2, 0) is 12.8 Å². The fourth-order valence-electron chi connectivity index (χ4n) is 7.07. The van der Waals surface area contributed by atoms with Crippen molar-refractivity contribution in [1.82, 2.24) is 24.1 Å². The van der Waals surface area contributed by atoms with Gasteiger partial charge in [-0.25, -0.2) is 4.98 Å². The summed E-state index contributed by atoms with van der Waals surface area (Å²) < 4.78 is 4.74. The second-order valence-electron chi connectivity index (χ2n) is 11.5. The number of benzene rings is 5. The van der Waals surface area contributed by atoms with E-state index in [0.29, 0.717) is 17.6 Å². The Labute approximate surface area is 255 Å². The fourth-order valence-corrected chi connectivity index (χ4v) is 7.07. The molecule has 0 fully saturated rings. The maximum Gasteiger partial charge on any atom is 0.238 e. The van der Waals surface area contributed by atoms with Crippen molar-refractivity contribution in [3.05, 3.63) is 139 Å². The summed E-state index contributed by atoms with van der Waals surface area (Å²) in [7, 11) is 0. The fraction of sp³-hybridized carbons (Fsp3) is 0.103. The third-order valence-corrected chi connectivity index (χ3v) is 8.97. The Morgan fingerprint density at radius 2 is 1.02 bits per heavy atom. The molecule has 1 aliphatic carbocycles. The highest BCUT2D eigenvalue weighted by atomic mass is 15.2. The van der Waals surface area contributed by atoms with Crippen molar-refractivity contribution in [2.24, 2.45) is 0 Å². The third kappa shape index (κ3) is 3.82. The van der Waals surface area contributed by atoms with Gasteiger partial charge in [-0.2, -0.15) is 9.97 Å². The lowest BCUT2D eigenvalue weighted by Crippen LogP contribution is -2.11. The molecule has 0 N–H and O–H groups in total. The zero-order valence-corrected chi connectivity index (χ0v) is 24.2. The highest BCUT2D eigenvalue weighted by molar-refractivity contribution is 6.22. The Morgan fingerprint density at radius 1 is 0.455 bits per heavy atom. The first kappa shape index (κ1) is 25.0. The number of aromatic nitrogens is 5. The van der Waals surface area contributed by atoms with Crippen molar-refractivity contribution in [2.45, 2.75) is 25.7 Å². The second-order valence-corrected chi connectivity index (χ2v) is 11.5. The molecule has 8 aromatic rings. The van der Waals surface area contributed by atoms with Gasteiger partial charge >= 0.3 is 0 Å². The van der Waals surface area contributed by atoms with Gasteiger partial charge in [0.1, 0.15) is 0 Å². The van der Waals surface area contributed by atoms with Crippen LogP contribution in [0, 0.1) is 0 Å². The molecule has 5 nitrogen and oxygen atoms in total. The SMILES string of the molecule is c1ccc(-c2nc(-c3ccccc3)nc(-n3c4c(c5c6c7ccccc7n(-c7ccccc7)c6ccc53)CCCC4)n2)cc1. The number of nitrogens with zero attached hydrogens (tertiary/aromatic N) is 5. The van der Waals surface area contributed by atoms with Crippen molar-refractivity contribution in [1.29, 1.82) is 0 Å². The Morgan fingerprint density at radius 3 is 1.70 bits per heavy atom. The van der Waals surface area contributed by atoms with Gasteiger partial charge in [-0.3, -0.25) is 4.57 Å². The number of hydrogen-bond donors (Lipinski definition) is 0. The Hall–Kier alpha value is -5.55. The molecule has 0 spiro atoms. The lowest BCUT2D eigenvalue weighted by Gasteiger charge is -2.16. The van der Waals surface area contributed by atoms with Crippen LogP contribution < -0.4 is 0 Å². The van der Waals surface area contributed by atoms with Gasteiger partial charge in [0.2, 0.25) is 5.95 Å². The average molecular weight is 568 g/mol. The minimum absolute atomic E-state index is 0.678. The highest BCUT2D eigenvalue weighted by Crippen LogP contribution is 2.43. The van der Waals surface area contributed by atoms with E-state index in [1.807, 2.05) is 36.4 Å². The van der Waals surface area contributed by atoms with E-state index in [1.165, 1.54) is 50.6 Å². The van der Waals surface area contributed by atoms with E-state index in [2.05, 4.69) is 100 Å². The van der Waals surface area contributed by atoms with Crippen molar-refractivity contribution in [3.8, 4) is 34.4 Å². The van der Waals surface area contributed by atoms with Crippen molar-refractivity contribution in [3.63, 3.8) is 0 Å². The normalized spacial score (nSPS) is 13.1. The number of para-hydroxylation sites is 2. The minimum Gasteiger partial charge on any atom is -0.309 e. The molecule has 0 amide bonds. The van der Waals surface area contributed by atoms with Crippen molar-refractivity contribution < 1.29 is 0 Å². The molecule has 0 saturated carbocycles. The summed E-state index contributed by atoms with van der Waals surface area (Å²) in [5, 5.41) is 3.90. The van der Waals surface area contributed by atoms with Crippen LogP contribution in [0.4, 0.5) is 0 Å². The molecule has 0 bridgehead atoms. The van der Waals surface area contributed by atoms with E-state index in [0.717, 1.165) is 35.9 Å². The van der Waals surface area contributed by atoms with Gasteiger partial charge in [0.15, 0.2) is 11.6 Å². The molecule has 0 unspecified atom stereocenters. The first-order valence-corrected chi connectivity index (χ1v) is 15.4. The third-order valence-electron chi connectivity index (χ3n) is 8.97. The van der Waals surface area contributed by atoms with Crippen LogP contribution in [0.3, 0.4) is 0 Å². The second kappa shape index (κ2) is 10.0. The predicted molar refractivity (Wildman–Crippen MR) is 179 cm³/mol. The van der Waals surface area contributed by atoms with Gasteiger partial charge in [0.25, 0.3) is 0 Å². The van der Waals surface area contributed by atoms with E-state index in [4.69, 9.17) is 15.0 Å². The molecule has 1 aliphatic rings. The van der Waals surface area contributed by atoms with E-state index >= 15 is 0 Å². The molecule has 5 aromatic carbocycles. The summed E-state index contributed by atoms with van der Waals surface area (Å²) in [4.78, 5) is 15.3. The number of aryl methyl sites for hydroxylation is 1. The van der Waals surface area contributed by atoms with E-state index in [1.54, 1.807) is 0 Å². The van der Waals surface area contributed by atoms with Gasteiger partial charge in [0.05, 0.1) is 16.6 Å². The summed E-state index contributed by atoms with van der Waals surface area (Å²) in [5.74, 6) is 2.04. The van der Waals surface area contributed by atoms with Crippen LogP contribution in [0.25, 0.3) is 67.1 Å². The maximum atomic E-state index is 5.16. The zero-order chi connectivity index (χ0) is 29.0. The molecule has 3 heterocycles. The lowest BCUT2D eigenvalue weighted by atomic mass is 9.94. The molecule has 3 aromatic heterocycles. The smallest absolute Gasteiger partial charge is 0.238 e. The molecular weight excluding hydrogens is 538 g/mol. The van der Waals surface area contributed by atoms with Crippen molar-refractivity contribution >= 4 is 32.7 Å². The predicted octanol–water partition coefficient (Wildman–Crippen LogP) is 9.13. The van der Waals surface area contributed by atoms with Gasteiger partial charge in [-0.1, -0.05) is 97.1 Å². The molecule has 0 radical (unpaired) electrons. The number of fused-ring (bicyclic) bond motifs is 7. The van der Waals surface area contributed by atoms with Crippen LogP contribution in [0.2, 0.25) is 0 Å². The van der Waals surface area contributed by atoms with Gasteiger partial charge in [-0.05, 0) is 61.6 Å². The first-order valence-electron chi connectivity index (χ1n) is 15.4. The largest absolute Gasteiger partial charge is 0.309 e. The van der Waals surface area contributed by atoms with E-state index in [-0.39, 0.29) is 0 Å². The molecule has 9 rings (SSSR count). The summed E-state index contributed by atoms with van der Waals surface area (Å²) in [6, 6.07) is 44.5. The van der Waals surface area contributed by atoms with Gasteiger partial charge in [-0.15, -0.1) is 0 Å². The quantitative estimate of drug-likeness (QED) is 0.213. The molecule has 44 heavy (non-hydrogen) atoms. The Kier molecular flexibility index (Phi) is 5.69. The highest BCUT2D eigenvalue weighted by Gasteiger charge is 2.27. The van der Waals surface area contributed by atoms with Crippen LogP contribution in [0.5, 0.6) is 0 Å². The first-order chi connectivity index (χ1) is 21.8. The van der Waals surface area contributed by atoms with Crippen LogP contribution >= 0.6 is 0 Å². The molecule has 0 saturated heterocycles. The minimum atomic E-state index is 0.678. The Bertz CT molecular complexity index is 2260. The maximum absolute atomic E-state index is 5.16. The zero-order valence-electron chi connectivity index (χ0n) is 24.2. The summed E-state index contributed by atoms with van der Waals surface area (Å²) in [6.07, 6.45) is 4.38. The number of rotatable bonds is 4. The van der Waals surface area contributed by atoms with Crippen LogP contribution in [-0.4, -0.2) is 24.1 Å². The molecule has 0 aliphatic heterocycles. The number of hydrogen-bond acceptors (Lipinski definition) is 3. The summed E-state index contributed by atoms with van der Waals surface area (Å²) in [6.45, 7) is 0. The van der Waals surface area contributed by atoms with Crippen LogP contribution in [0.1, 0.15) is 24.1 Å². The van der Waals surface area contributed by atoms with Gasteiger partial charge in [0, 0.05) is 38.7 Å². The summed E-state index contributed by atoms with van der Waals surface area (Å²) >= 11 is 0. The average Bonchev–Trinajstić information content (AvgIpc) is 3.62. The monoisotopic (exact) mass is 567 g/mol. The molecule has 0 atom stereocenters. The standard InChI is InChI=1S/C39H29N5/c1-4-14-26(15-5-1)37-40-38(27-16-6-2-7-17-27)42-39(41-37)44-32-23-13-11-21-30(32)36-34(44)25-24-33-35(36)29-20-10-12-22-31(29)43(33)28-18-8-3-9-19-28/h1-10,12,14-20,22,24-25H,11,13,21,23H2. The topological polar surface area (TPSA) is 48.5 Å². The molecule has 5 heteroatoms. The lowest BCUT2D eigenvalue weighted by molar-refractivity contribution is 0.661. The molecular formula is C39H29N5. The van der Waals surface area contributed by atoms with Crippen LogP contribution in [0.15, 0.2) is 127 Å². The van der Waals surface area contributed by atoms with Crippen molar-refractivity contribution in [2.75, 3.05) is 0 Å². The molecule has 210 valence electrons. The summed E-state index contributed by atoms with van der Waals surface area (Å²) in [5.41, 5.74) is 9.47. The van der Waals surface area contributed by atoms with E-state index in [9.17, 15) is 0 Å². The Balaban J connectivity index is 1.39. The van der Waals surface area contributed by atoms with E-state index < -0.39 is 0 Å². The van der Waals surface area contributed by atoms with Gasteiger partial charge < -0.3 is 4.57 Å².